The van der Waals surface area contributed by atoms with Crippen LogP contribution in [0.4, 0.5) is 0 Å². The number of allylic oxidation sites excluding steroid dienone is 4. The van der Waals surface area contributed by atoms with Gasteiger partial charge in [0.25, 0.3) is 0 Å². The van der Waals surface area contributed by atoms with Crippen molar-refractivity contribution in [3.63, 3.8) is 0 Å². The van der Waals surface area contributed by atoms with E-state index in [0.717, 1.165) is 36.4 Å². The molecule has 3 rings (SSSR count). The number of methoxy groups -OCH3 is 1. The van der Waals surface area contributed by atoms with E-state index >= 15 is 0 Å². The summed E-state index contributed by atoms with van der Waals surface area (Å²) in [6, 6.07) is 2.09. The maximum Gasteiger partial charge on any atom is 0.231 e. The third-order valence-corrected chi connectivity index (χ3v) is 5.84. The molecule has 0 aromatic heterocycles. The molecule has 164 valence electrons. The highest BCUT2D eigenvalue weighted by Gasteiger charge is 2.34. The Balaban J connectivity index is 1.88. The average Bonchev–Trinajstić information content (AvgIpc) is 3.17. The van der Waals surface area contributed by atoms with E-state index in [0.29, 0.717) is 17.9 Å². The van der Waals surface area contributed by atoms with Crippen LogP contribution >= 0.6 is 0 Å². The molecule has 0 fully saturated rings. The van der Waals surface area contributed by atoms with Gasteiger partial charge in [-0.1, -0.05) is 36.7 Å². The lowest BCUT2D eigenvalue weighted by atomic mass is 9.86. The van der Waals surface area contributed by atoms with Gasteiger partial charge in [-0.25, -0.2) is 0 Å². The van der Waals surface area contributed by atoms with Crippen LogP contribution in [0.15, 0.2) is 35.0 Å². The summed E-state index contributed by atoms with van der Waals surface area (Å²) in [5.74, 6) is 2.13. The van der Waals surface area contributed by atoms with Gasteiger partial charge in [-0.05, 0) is 56.9 Å². The largest absolute Gasteiger partial charge is 0.492 e. The summed E-state index contributed by atoms with van der Waals surface area (Å²) < 4.78 is 17.0. The molecule has 0 spiro atoms. The van der Waals surface area contributed by atoms with Gasteiger partial charge >= 0.3 is 0 Å². The molecule has 2 heterocycles. The third-order valence-electron chi connectivity index (χ3n) is 5.84. The summed E-state index contributed by atoms with van der Waals surface area (Å²) >= 11 is 0. The minimum absolute atomic E-state index is 0.0206. The fraction of sp³-hybridized carbons (Fsp3) is 0.542. The summed E-state index contributed by atoms with van der Waals surface area (Å²) in [7, 11) is 3.75. The number of oxime groups is 1. The molecule has 1 N–H and O–H groups in total. The molecule has 0 aliphatic carbocycles. The molecule has 1 atom stereocenters. The van der Waals surface area contributed by atoms with Crippen molar-refractivity contribution in [2.45, 2.75) is 53.0 Å². The van der Waals surface area contributed by atoms with Crippen molar-refractivity contribution in [1.82, 2.24) is 4.90 Å². The van der Waals surface area contributed by atoms with Gasteiger partial charge in [0.15, 0.2) is 11.5 Å². The molecule has 6 heteroatoms. The molecular weight excluding hydrogens is 380 g/mol. The van der Waals surface area contributed by atoms with E-state index in [9.17, 15) is 5.21 Å². The Morgan fingerprint density at radius 3 is 2.80 bits per heavy atom. The van der Waals surface area contributed by atoms with Crippen molar-refractivity contribution in [1.29, 1.82) is 0 Å². The van der Waals surface area contributed by atoms with E-state index in [-0.39, 0.29) is 18.2 Å². The van der Waals surface area contributed by atoms with Crippen LogP contribution in [0.2, 0.25) is 0 Å². The Bertz CT molecular complexity index is 866. The normalized spacial score (nSPS) is 19.1. The van der Waals surface area contributed by atoms with Gasteiger partial charge in [0, 0.05) is 24.6 Å². The van der Waals surface area contributed by atoms with Gasteiger partial charge in [-0.2, -0.15) is 0 Å². The first-order chi connectivity index (χ1) is 14.3. The standard InChI is InChI=1S/C24H34N2O4/c1-16(2)7-10-24(3,4)11-8-18(25-27)14-19-21-17(9-12-26(19)5)13-20-22(23(21)28-6)30-15-29-20/h7-8,11,13,19,27H,9-10,12,14-15H2,1-6H3/t19-/m0/s1. The summed E-state index contributed by atoms with van der Waals surface area (Å²) in [6.07, 6.45) is 8.73. The monoisotopic (exact) mass is 414 g/mol. The molecule has 1 aromatic carbocycles. The molecule has 0 amide bonds. The maximum absolute atomic E-state index is 9.72. The number of ether oxygens (including phenoxy) is 3. The number of hydrogen-bond donors (Lipinski definition) is 1. The molecule has 0 saturated carbocycles. The number of fused-ring (bicyclic) bond motifs is 2. The van der Waals surface area contributed by atoms with Crippen LogP contribution in [0, 0.1) is 5.41 Å². The predicted octanol–water partition coefficient (Wildman–Crippen LogP) is 5.11. The van der Waals surface area contributed by atoms with Crippen molar-refractivity contribution in [3.05, 3.63) is 41.0 Å². The van der Waals surface area contributed by atoms with Gasteiger partial charge in [-0.15, -0.1) is 0 Å². The number of nitrogens with zero attached hydrogens (tertiary/aromatic N) is 2. The fourth-order valence-electron chi connectivity index (χ4n) is 3.98. The van der Waals surface area contributed by atoms with E-state index in [1.54, 1.807) is 7.11 Å². The number of benzene rings is 1. The third kappa shape index (κ3) is 4.81. The van der Waals surface area contributed by atoms with Crippen LogP contribution < -0.4 is 14.2 Å². The van der Waals surface area contributed by atoms with Crippen molar-refractivity contribution < 1.29 is 19.4 Å². The summed E-state index contributed by atoms with van der Waals surface area (Å²) in [5.41, 5.74) is 4.22. The van der Waals surface area contributed by atoms with Crippen LogP contribution in [0.5, 0.6) is 17.2 Å². The zero-order valence-corrected chi connectivity index (χ0v) is 19.0. The van der Waals surface area contributed by atoms with Crippen molar-refractivity contribution in [2.75, 3.05) is 27.5 Å². The predicted molar refractivity (Wildman–Crippen MR) is 119 cm³/mol. The summed E-state index contributed by atoms with van der Waals surface area (Å²) in [6.45, 7) is 9.70. The van der Waals surface area contributed by atoms with Crippen LogP contribution in [-0.2, 0) is 6.42 Å². The van der Waals surface area contributed by atoms with Gasteiger partial charge in [0.1, 0.15) is 0 Å². The second-order valence-corrected chi connectivity index (χ2v) is 9.07. The lowest BCUT2D eigenvalue weighted by Gasteiger charge is -2.35. The van der Waals surface area contributed by atoms with E-state index in [1.165, 1.54) is 11.1 Å². The van der Waals surface area contributed by atoms with Crippen molar-refractivity contribution in [2.24, 2.45) is 10.6 Å². The molecule has 1 aromatic rings. The number of rotatable bonds is 7. The lowest BCUT2D eigenvalue weighted by Crippen LogP contribution is -2.33. The van der Waals surface area contributed by atoms with Gasteiger partial charge in [-0.3, -0.25) is 4.90 Å². The molecule has 0 saturated heterocycles. The Kier molecular flexibility index (Phi) is 6.76. The Morgan fingerprint density at radius 2 is 2.13 bits per heavy atom. The first-order valence-corrected chi connectivity index (χ1v) is 10.5. The zero-order valence-electron chi connectivity index (χ0n) is 19.0. The Labute approximate surface area is 179 Å². The molecule has 0 unspecified atom stereocenters. The van der Waals surface area contributed by atoms with Crippen LogP contribution in [0.1, 0.15) is 57.7 Å². The molecular formula is C24H34N2O4. The van der Waals surface area contributed by atoms with Crippen LogP contribution in [0.25, 0.3) is 0 Å². The molecule has 2 aliphatic rings. The second kappa shape index (κ2) is 9.13. The van der Waals surface area contributed by atoms with Crippen molar-refractivity contribution in [3.8, 4) is 17.2 Å². The van der Waals surface area contributed by atoms with E-state index < -0.39 is 0 Å². The fourth-order valence-corrected chi connectivity index (χ4v) is 3.98. The highest BCUT2D eigenvalue weighted by Crippen LogP contribution is 2.50. The van der Waals surface area contributed by atoms with E-state index in [2.05, 4.69) is 63.0 Å². The molecule has 6 nitrogen and oxygen atoms in total. The first-order valence-electron chi connectivity index (χ1n) is 10.5. The SMILES string of the molecule is COc1c2c(cc3c1[C@H](CC(C=CC(C)(C)CC=C(C)C)=NO)N(C)CC3)OCO2. The number of likely N-dealkylation sites (N-methyl/N-ethyl adjacent to an activating group) is 1. The lowest BCUT2D eigenvalue weighted by molar-refractivity contribution is 0.170. The van der Waals surface area contributed by atoms with E-state index in [4.69, 9.17) is 14.2 Å². The topological polar surface area (TPSA) is 63.5 Å². The zero-order chi connectivity index (χ0) is 21.9. The van der Waals surface area contributed by atoms with Crippen LogP contribution in [0.3, 0.4) is 0 Å². The van der Waals surface area contributed by atoms with Gasteiger partial charge in [0.2, 0.25) is 12.5 Å². The average molecular weight is 415 g/mol. The molecule has 2 aliphatic heterocycles. The van der Waals surface area contributed by atoms with Crippen molar-refractivity contribution >= 4 is 5.71 Å². The maximum atomic E-state index is 9.72. The molecule has 0 bridgehead atoms. The Hall–Kier alpha value is -2.47. The minimum Gasteiger partial charge on any atom is -0.492 e. The number of hydrogen-bond acceptors (Lipinski definition) is 6. The summed E-state index contributed by atoms with van der Waals surface area (Å²) in [5, 5.41) is 13.3. The van der Waals surface area contributed by atoms with Crippen LogP contribution in [-0.4, -0.2) is 43.3 Å². The summed E-state index contributed by atoms with van der Waals surface area (Å²) in [4.78, 5) is 2.28. The first kappa shape index (κ1) is 22.2. The Morgan fingerprint density at radius 1 is 1.37 bits per heavy atom. The van der Waals surface area contributed by atoms with Gasteiger partial charge < -0.3 is 19.4 Å². The van der Waals surface area contributed by atoms with E-state index in [1.807, 2.05) is 6.08 Å². The highest BCUT2D eigenvalue weighted by atomic mass is 16.7. The molecule has 0 radical (unpaired) electrons. The smallest absolute Gasteiger partial charge is 0.231 e. The minimum atomic E-state index is -0.0206. The second-order valence-electron chi connectivity index (χ2n) is 9.07. The quantitative estimate of drug-likeness (QED) is 0.291. The van der Waals surface area contributed by atoms with Gasteiger partial charge in [0.05, 0.1) is 12.8 Å². The molecule has 30 heavy (non-hydrogen) atoms. The highest BCUT2D eigenvalue weighted by molar-refractivity contribution is 5.95.